The van der Waals surface area contributed by atoms with Crippen molar-refractivity contribution in [2.24, 2.45) is 0 Å². The van der Waals surface area contributed by atoms with Crippen LogP contribution in [0.15, 0.2) is 61.2 Å². The molecule has 3 heterocycles. The maximum Gasteiger partial charge on any atom is 0.228 e. The van der Waals surface area contributed by atoms with Crippen LogP contribution >= 0.6 is 0 Å². The third-order valence-corrected chi connectivity index (χ3v) is 5.02. The number of anilines is 2. The number of nitrogens with one attached hydrogen (secondary N) is 1. The lowest BCUT2D eigenvalue weighted by molar-refractivity contribution is 0.213. The molecule has 1 aliphatic heterocycles. The van der Waals surface area contributed by atoms with Crippen LogP contribution in [0.25, 0.3) is 0 Å². The van der Waals surface area contributed by atoms with Crippen molar-refractivity contribution in [1.29, 1.82) is 0 Å². The highest BCUT2D eigenvalue weighted by atomic mass is 15.1. The first-order valence-electron chi connectivity index (χ1n) is 9.49. The van der Waals surface area contributed by atoms with Crippen molar-refractivity contribution >= 4 is 11.8 Å². The van der Waals surface area contributed by atoms with Crippen LogP contribution in [0, 0.1) is 0 Å². The molecule has 0 bridgehead atoms. The van der Waals surface area contributed by atoms with Gasteiger partial charge in [0.05, 0.1) is 11.9 Å². The van der Waals surface area contributed by atoms with E-state index in [1.807, 2.05) is 6.20 Å². The second kappa shape index (κ2) is 8.68. The van der Waals surface area contributed by atoms with Gasteiger partial charge in [0.1, 0.15) is 0 Å². The highest BCUT2D eigenvalue weighted by Crippen LogP contribution is 2.27. The molecule has 4 rings (SSSR count). The van der Waals surface area contributed by atoms with Gasteiger partial charge in [-0.25, -0.2) is 15.0 Å². The van der Waals surface area contributed by atoms with Crippen molar-refractivity contribution in [3.05, 3.63) is 72.4 Å². The second-order valence-electron chi connectivity index (χ2n) is 6.88. The first kappa shape index (κ1) is 17.5. The van der Waals surface area contributed by atoms with E-state index in [0.29, 0.717) is 17.7 Å². The van der Waals surface area contributed by atoms with Gasteiger partial charge in [0.25, 0.3) is 0 Å². The van der Waals surface area contributed by atoms with E-state index < -0.39 is 0 Å². The largest absolute Gasteiger partial charge is 0.307 e. The Morgan fingerprint density at radius 1 is 0.963 bits per heavy atom. The van der Waals surface area contributed by atoms with Gasteiger partial charge in [0, 0.05) is 31.1 Å². The van der Waals surface area contributed by atoms with Gasteiger partial charge < -0.3 is 10.2 Å². The van der Waals surface area contributed by atoms with Gasteiger partial charge in [-0.05, 0) is 44.0 Å². The fourth-order valence-corrected chi connectivity index (χ4v) is 3.50. The summed E-state index contributed by atoms with van der Waals surface area (Å²) < 4.78 is 0. The van der Waals surface area contributed by atoms with Crippen LogP contribution in [0.4, 0.5) is 11.8 Å². The van der Waals surface area contributed by atoms with Crippen molar-refractivity contribution in [2.75, 3.05) is 25.0 Å². The number of hydrogen-bond donors (Lipinski definition) is 1. The molecule has 0 saturated carbocycles. The molecule has 0 radical (unpaired) electrons. The summed E-state index contributed by atoms with van der Waals surface area (Å²) in [4.78, 5) is 20.0. The Balaban J connectivity index is 1.31. The third kappa shape index (κ3) is 4.86. The van der Waals surface area contributed by atoms with E-state index in [1.54, 1.807) is 24.7 Å². The Morgan fingerprint density at radius 3 is 2.52 bits per heavy atom. The number of likely N-dealkylation sites (tertiary alicyclic amines) is 1. The highest BCUT2D eigenvalue weighted by Gasteiger charge is 2.22. The zero-order valence-corrected chi connectivity index (χ0v) is 15.3. The highest BCUT2D eigenvalue weighted by molar-refractivity contribution is 5.45. The molecule has 0 unspecified atom stereocenters. The Morgan fingerprint density at radius 2 is 1.74 bits per heavy atom. The van der Waals surface area contributed by atoms with Gasteiger partial charge in [-0.1, -0.05) is 30.3 Å². The Kier molecular flexibility index (Phi) is 5.64. The van der Waals surface area contributed by atoms with Gasteiger partial charge in [-0.2, -0.15) is 0 Å². The molecule has 6 heteroatoms. The smallest absolute Gasteiger partial charge is 0.228 e. The van der Waals surface area contributed by atoms with Crippen LogP contribution in [0.5, 0.6) is 0 Å². The van der Waals surface area contributed by atoms with Gasteiger partial charge in [-0.3, -0.25) is 4.98 Å². The van der Waals surface area contributed by atoms with Crippen molar-refractivity contribution in [3.63, 3.8) is 0 Å². The van der Waals surface area contributed by atoms with Crippen LogP contribution in [-0.4, -0.2) is 44.5 Å². The number of piperidine rings is 1. The predicted octanol–water partition coefficient (Wildman–Crippen LogP) is 3.43. The molecule has 6 nitrogen and oxygen atoms in total. The molecule has 1 aromatic carbocycles. The lowest BCUT2D eigenvalue weighted by Crippen LogP contribution is -2.34. The first-order valence-corrected chi connectivity index (χ1v) is 9.49. The molecule has 0 atom stereocenters. The summed E-state index contributed by atoms with van der Waals surface area (Å²) in [6, 6.07) is 12.5. The van der Waals surface area contributed by atoms with Gasteiger partial charge in [0.15, 0.2) is 5.82 Å². The van der Waals surface area contributed by atoms with E-state index >= 15 is 0 Å². The monoisotopic (exact) mass is 360 g/mol. The Bertz CT molecular complexity index is 832. The lowest BCUT2D eigenvalue weighted by atomic mass is 9.93. The van der Waals surface area contributed by atoms with Crippen molar-refractivity contribution in [2.45, 2.75) is 25.2 Å². The van der Waals surface area contributed by atoms with E-state index in [0.717, 1.165) is 44.6 Å². The van der Waals surface area contributed by atoms with Crippen LogP contribution < -0.4 is 5.32 Å². The van der Waals surface area contributed by atoms with Crippen LogP contribution in [-0.2, 0) is 6.42 Å². The van der Waals surface area contributed by atoms with Crippen LogP contribution in [0.3, 0.4) is 0 Å². The number of rotatable bonds is 6. The zero-order chi connectivity index (χ0) is 18.3. The number of aromatic nitrogens is 4. The van der Waals surface area contributed by atoms with E-state index in [-0.39, 0.29) is 0 Å². The first-order chi connectivity index (χ1) is 13.4. The van der Waals surface area contributed by atoms with Crippen LogP contribution in [0.1, 0.15) is 30.0 Å². The molecule has 27 heavy (non-hydrogen) atoms. The molecule has 1 aliphatic rings. The fraction of sp³-hybridized carbons (Fsp3) is 0.333. The maximum atomic E-state index is 4.74. The fourth-order valence-electron chi connectivity index (χ4n) is 3.50. The average molecular weight is 360 g/mol. The normalized spacial score (nSPS) is 15.6. The van der Waals surface area contributed by atoms with E-state index in [1.165, 1.54) is 5.56 Å². The van der Waals surface area contributed by atoms with E-state index in [9.17, 15) is 0 Å². The Hall–Kier alpha value is -2.86. The molecule has 0 spiro atoms. The van der Waals surface area contributed by atoms with Gasteiger partial charge in [0.2, 0.25) is 5.95 Å². The second-order valence-corrected chi connectivity index (χ2v) is 6.88. The summed E-state index contributed by atoms with van der Waals surface area (Å²) >= 11 is 0. The molecule has 3 aromatic rings. The standard InChI is InChI=1S/C21H24N6/c1-2-5-17(6-3-1)7-12-27-13-8-18(9-14-27)19-15-22-16-20(25-19)26-21-23-10-4-11-24-21/h1-6,10-11,15-16,18H,7-9,12-14H2,(H,23,24,25,26). The molecule has 0 aliphatic carbocycles. The summed E-state index contributed by atoms with van der Waals surface area (Å²) in [6.07, 6.45) is 10.4. The molecule has 1 N–H and O–H groups in total. The quantitative estimate of drug-likeness (QED) is 0.726. The third-order valence-electron chi connectivity index (χ3n) is 5.02. The van der Waals surface area contributed by atoms with E-state index in [2.05, 4.69) is 55.5 Å². The summed E-state index contributed by atoms with van der Waals surface area (Å²) in [7, 11) is 0. The lowest BCUT2D eigenvalue weighted by Gasteiger charge is -2.31. The topological polar surface area (TPSA) is 66.8 Å². The molecule has 2 aromatic heterocycles. The zero-order valence-electron chi connectivity index (χ0n) is 15.3. The number of nitrogens with zero attached hydrogens (tertiary/aromatic N) is 5. The summed E-state index contributed by atoms with van der Waals surface area (Å²) in [5, 5.41) is 3.12. The molecular weight excluding hydrogens is 336 g/mol. The number of benzene rings is 1. The molecule has 1 fully saturated rings. The van der Waals surface area contributed by atoms with Gasteiger partial charge >= 0.3 is 0 Å². The predicted molar refractivity (Wildman–Crippen MR) is 106 cm³/mol. The minimum atomic E-state index is 0.462. The summed E-state index contributed by atoms with van der Waals surface area (Å²) in [5.41, 5.74) is 2.46. The van der Waals surface area contributed by atoms with Crippen LogP contribution in [0.2, 0.25) is 0 Å². The Labute approximate surface area is 159 Å². The SMILES string of the molecule is c1ccc(CCN2CCC(c3cncc(Nc4ncccn4)n3)CC2)cc1. The van der Waals surface area contributed by atoms with Crippen molar-refractivity contribution in [1.82, 2.24) is 24.8 Å². The van der Waals surface area contributed by atoms with Crippen molar-refractivity contribution < 1.29 is 0 Å². The van der Waals surface area contributed by atoms with E-state index in [4.69, 9.17) is 4.98 Å². The summed E-state index contributed by atoms with van der Waals surface area (Å²) in [5.74, 6) is 1.70. The molecule has 0 amide bonds. The molecular formula is C21H24N6. The minimum Gasteiger partial charge on any atom is -0.307 e. The maximum absolute atomic E-state index is 4.74. The molecule has 1 saturated heterocycles. The minimum absolute atomic E-state index is 0.462. The summed E-state index contributed by atoms with van der Waals surface area (Å²) in [6.45, 7) is 3.34. The van der Waals surface area contributed by atoms with Gasteiger partial charge in [-0.15, -0.1) is 0 Å². The number of hydrogen-bond acceptors (Lipinski definition) is 6. The molecule has 138 valence electrons. The van der Waals surface area contributed by atoms with Crippen molar-refractivity contribution in [3.8, 4) is 0 Å². The average Bonchev–Trinajstić information content (AvgIpc) is 2.74.